The summed E-state index contributed by atoms with van der Waals surface area (Å²) in [6.45, 7) is 3.41. The molecule has 0 spiro atoms. The monoisotopic (exact) mass is 391 g/mol. The van der Waals surface area contributed by atoms with Gasteiger partial charge in [0.1, 0.15) is 5.75 Å². The third-order valence-electron chi connectivity index (χ3n) is 4.51. The molecular formula is C23H25N3O3. The van der Waals surface area contributed by atoms with Gasteiger partial charge in [-0.15, -0.1) is 0 Å². The first-order valence-electron chi connectivity index (χ1n) is 9.83. The van der Waals surface area contributed by atoms with Crippen molar-refractivity contribution in [3.05, 3.63) is 54.1 Å². The largest absolute Gasteiger partial charge is 0.492 e. The summed E-state index contributed by atoms with van der Waals surface area (Å²) in [4.78, 5) is 25.9. The molecule has 2 N–H and O–H groups in total. The first kappa shape index (κ1) is 20.3. The number of hydrogen-bond donors (Lipinski definition) is 2. The Balaban J connectivity index is 1.50. The molecule has 29 heavy (non-hydrogen) atoms. The van der Waals surface area contributed by atoms with Gasteiger partial charge in [0.05, 0.1) is 18.8 Å². The van der Waals surface area contributed by atoms with Crippen molar-refractivity contribution in [1.82, 2.24) is 5.32 Å². The van der Waals surface area contributed by atoms with Crippen LogP contribution < -0.4 is 20.3 Å². The minimum absolute atomic E-state index is 0.177. The average Bonchev–Trinajstić information content (AvgIpc) is 2.74. The Hall–Kier alpha value is -3.46. The maximum Gasteiger partial charge on any atom is 0.320 e. The fraction of sp³-hybridized carbons (Fsp3) is 0.304. The van der Waals surface area contributed by atoms with E-state index in [2.05, 4.69) is 22.5 Å². The Labute approximate surface area is 171 Å². The summed E-state index contributed by atoms with van der Waals surface area (Å²) < 4.78 is 5.49. The van der Waals surface area contributed by atoms with Gasteiger partial charge in [0.25, 0.3) is 0 Å². The maximum atomic E-state index is 12.0. The molecule has 1 aliphatic heterocycles. The van der Waals surface area contributed by atoms with E-state index in [9.17, 15) is 9.59 Å². The molecule has 6 heteroatoms. The smallest absolute Gasteiger partial charge is 0.320 e. The van der Waals surface area contributed by atoms with Crippen molar-refractivity contribution in [3.63, 3.8) is 0 Å². The number of carbonyl (C=O) groups excluding carboxylic acids is 2. The molecule has 0 aliphatic carbocycles. The van der Waals surface area contributed by atoms with Gasteiger partial charge >= 0.3 is 6.03 Å². The number of benzene rings is 2. The quantitative estimate of drug-likeness (QED) is 0.762. The van der Waals surface area contributed by atoms with E-state index in [0.29, 0.717) is 24.5 Å². The standard InChI is InChI=1S/C23H25N3O3/c1-2-29-21-10-4-3-9-20(21)25-23(28)24-16-7-8-18-12-14-19(15-13-18)26-17-6-5-11-22(26)27/h3-4,9-10,12-15H,2,5-6,11,16-17H2,1H3,(H2,24,25,28). The third-order valence-corrected chi connectivity index (χ3v) is 4.51. The van der Waals surface area contributed by atoms with Crippen LogP contribution in [0.3, 0.4) is 0 Å². The summed E-state index contributed by atoms with van der Waals surface area (Å²) in [5.41, 5.74) is 2.36. The van der Waals surface area contributed by atoms with Gasteiger partial charge in [0, 0.05) is 24.2 Å². The van der Waals surface area contributed by atoms with Crippen molar-refractivity contribution in [1.29, 1.82) is 0 Å². The predicted molar refractivity (Wildman–Crippen MR) is 114 cm³/mol. The molecule has 150 valence electrons. The SMILES string of the molecule is CCOc1ccccc1NC(=O)NCC#Cc1ccc(N2CCCCC2=O)cc1. The highest BCUT2D eigenvalue weighted by molar-refractivity contribution is 5.94. The summed E-state index contributed by atoms with van der Waals surface area (Å²) in [7, 11) is 0. The van der Waals surface area contributed by atoms with Crippen LogP contribution >= 0.6 is 0 Å². The van der Waals surface area contributed by atoms with E-state index in [1.54, 1.807) is 12.1 Å². The van der Waals surface area contributed by atoms with Crippen LogP contribution in [-0.2, 0) is 4.79 Å². The number of amides is 3. The number of rotatable bonds is 5. The van der Waals surface area contributed by atoms with E-state index in [1.807, 2.05) is 48.2 Å². The molecule has 3 amide bonds. The van der Waals surface area contributed by atoms with E-state index in [4.69, 9.17) is 4.74 Å². The van der Waals surface area contributed by atoms with Gasteiger partial charge in [0.15, 0.2) is 0 Å². The lowest BCUT2D eigenvalue weighted by atomic mass is 10.1. The number of hydrogen-bond acceptors (Lipinski definition) is 3. The van der Waals surface area contributed by atoms with Gasteiger partial charge in [-0.05, 0) is 56.2 Å². The molecule has 1 heterocycles. The van der Waals surface area contributed by atoms with Crippen molar-refractivity contribution in [2.24, 2.45) is 0 Å². The molecule has 2 aromatic rings. The molecule has 1 saturated heterocycles. The number of para-hydroxylation sites is 2. The molecule has 2 aromatic carbocycles. The average molecular weight is 391 g/mol. The van der Waals surface area contributed by atoms with Crippen molar-refractivity contribution in [3.8, 4) is 17.6 Å². The lowest BCUT2D eigenvalue weighted by molar-refractivity contribution is -0.119. The van der Waals surface area contributed by atoms with Crippen LogP contribution in [0.25, 0.3) is 0 Å². The molecule has 1 aliphatic rings. The van der Waals surface area contributed by atoms with E-state index >= 15 is 0 Å². The van der Waals surface area contributed by atoms with Gasteiger partial charge in [0.2, 0.25) is 5.91 Å². The molecule has 0 unspecified atom stereocenters. The molecule has 0 atom stereocenters. The number of carbonyl (C=O) groups is 2. The number of urea groups is 1. The van der Waals surface area contributed by atoms with Gasteiger partial charge in [-0.25, -0.2) is 4.79 Å². The second-order valence-corrected chi connectivity index (χ2v) is 6.59. The molecule has 1 fully saturated rings. The van der Waals surface area contributed by atoms with Crippen LogP contribution in [0.2, 0.25) is 0 Å². The van der Waals surface area contributed by atoms with Crippen molar-refractivity contribution >= 4 is 23.3 Å². The molecule has 0 saturated carbocycles. The third kappa shape index (κ3) is 5.76. The Morgan fingerprint density at radius 3 is 2.69 bits per heavy atom. The summed E-state index contributed by atoms with van der Waals surface area (Å²) in [6.07, 6.45) is 2.62. The predicted octanol–water partition coefficient (Wildman–Crippen LogP) is 3.78. The van der Waals surface area contributed by atoms with E-state index in [1.165, 1.54) is 0 Å². The fourth-order valence-corrected chi connectivity index (χ4v) is 3.09. The lowest BCUT2D eigenvalue weighted by Crippen LogP contribution is -2.35. The van der Waals surface area contributed by atoms with Crippen LogP contribution in [0.4, 0.5) is 16.2 Å². The number of ether oxygens (including phenoxy) is 1. The van der Waals surface area contributed by atoms with Gasteiger partial charge in [-0.2, -0.15) is 0 Å². The second-order valence-electron chi connectivity index (χ2n) is 6.59. The molecule has 0 aromatic heterocycles. The summed E-state index contributed by atoms with van der Waals surface area (Å²) in [6, 6.07) is 14.5. The normalized spacial score (nSPS) is 13.3. The minimum Gasteiger partial charge on any atom is -0.492 e. The van der Waals surface area contributed by atoms with E-state index in [-0.39, 0.29) is 18.5 Å². The topological polar surface area (TPSA) is 70.7 Å². The Kier molecular flexibility index (Phi) is 7.12. The lowest BCUT2D eigenvalue weighted by Gasteiger charge is -2.26. The van der Waals surface area contributed by atoms with Gasteiger partial charge < -0.3 is 20.3 Å². The number of anilines is 2. The maximum absolute atomic E-state index is 12.0. The Morgan fingerprint density at radius 1 is 1.14 bits per heavy atom. The van der Waals surface area contributed by atoms with Gasteiger partial charge in [-0.1, -0.05) is 24.0 Å². The molecule has 0 bridgehead atoms. The zero-order valence-corrected chi connectivity index (χ0v) is 16.5. The molecule has 0 radical (unpaired) electrons. The summed E-state index contributed by atoms with van der Waals surface area (Å²) in [5, 5.41) is 5.47. The first-order valence-corrected chi connectivity index (χ1v) is 9.83. The van der Waals surface area contributed by atoms with Crippen LogP contribution in [0.1, 0.15) is 31.7 Å². The number of piperidine rings is 1. The van der Waals surface area contributed by atoms with E-state index in [0.717, 1.165) is 30.6 Å². The van der Waals surface area contributed by atoms with Crippen molar-refractivity contribution in [2.45, 2.75) is 26.2 Å². The Morgan fingerprint density at radius 2 is 1.93 bits per heavy atom. The highest BCUT2D eigenvalue weighted by atomic mass is 16.5. The minimum atomic E-state index is -0.342. The molecular weight excluding hydrogens is 366 g/mol. The van der Waals surface area contributed by atoms with Crippen LogP contribution in [0.5, 0.6) is 5.75 Å². The molecule has 3 rings (SSSR count). The Bertz CT molecular complexity index is 913. The number of nitrogens with one attached hydrogen (secondary N) is 2. The van der Waals surface area contributed by atoms with E-state index < -0.39 is 0 Å². The van der Waals surface area contributed by atoms with Crippen molar-refractivity contribution < 1.29 is 14.3 Å². The van der Waals surface area contributed by atoms with Crippen molar-refractivity contribution in [2.75, 3.05) is 29.9 Å². The zero-order chi connectivity index (χ0) is 20.5. The highest BCUT2D eigenvalue weighted by Crippen LogP contribution is 2.23. The van der Waals surface area contributed by atoms with Crippen LogP contribution in [0.15, 0.2) is 48.5 Å². The first-order chi connectivity index (χ1) is 14.2. The fourth-order valence-electron chi connectivity index (χ4n) is 3.09. The van der Waals surface area contributed by atoms with Gasteiger partial charge in [-0.3, -0.25) is 4.79 Å². The number of nitrogens with zero attached hydrogens (tertiary/aromatic N) is 1. The summed E-state index contributed by atoms with van der Waals surface area (Å²) >= 11 is 0. The highest BCUT2D eigenvalue weighted by Gasteiger charge is 2.19. The summed E-state index contributed by atoms with van der Waals surface area (Å²) in [5.74, 6) is 6.75. The second kappa shape index (κ2) is 10.2. The molecule has 6 nitrogen and oxygen atoms in total. The van der Waals surface area contributed by atoms with Crippen LogP contribution in [-0.4, -0.2) is 31.6 Å². The zero-order valence-electron chi connectivity index (χ0n) is 16.5. The van der Waals surface area contributed by atoms with Crippen LogP contribution in [0, 0.1) is 11.8 Å².